The van der Waals surface area contributed by atoms with Gasteiger partial charge in [-0.1, -0.05) is 52.3 Å². The molecule has 1 aromatic carbocycles. The van der Waals surface area contributed by atoms with Crippen LogP contribution in [-0.2, 0) is 12.3 Å². The zero-order chi connectivity index (χ0) is 17.1. The number of hydrogen-bond donors (Lipinski definition) is 0. The van der Waals surface area contributed by atoms with E-state index in [1.54, 1.807) is 16.8 Å². The molecule has 2 aromatic heterocycles. The molecular weight excluding hydrogens is 410 g/mol. The Kier molecular flexibility index (Phi) is 5.58. The molecule has 0 radical (unpaired) electrons. The fraction of sp³-hybridized carbons (Fsp3) is 0.235. The molecule has 0 saturated heterocycles. The van der Waals surface area contributed by atoms with Gasteiger partial charge in [0.25, 0.3) is 5.56 Å². The molecule has 0 aliphatic rings. The molecule has 0 amide bonds. The van der Waals surface area contributed by atoms with E-state index in [1.165, 1.54) is 11.8 Å². The van der Waals surface area contributed by atoms with E-state index in [-0.39, 0.29) is 5.56 Å². The highest BCUT2D eigenvalue weighted by atomic mass is 79.9. The van der Waals surface area contributed by atoms with E-state index in [4.69, 9.17) is 11.6 Å². The minimum Gasteiger partial charge on any atom is -0.287 e. The lowest BCUT2D eigenvalue weighted by Gasteiger charge is -2.12. The molecule has 124 valence electrons. The Bertz CT molecular complexity index is 928. The van der Waals surface area contributed by atoms with Gasteiger partial charge in [0.05, 0.1) is 10.9 Å². The number of rotatable bonds is 5. The van der Waals surface area contributed by atoms with Crippen molar-refractivity contribution in [2.24, 2.45) is 0 Å². The highest BCUT2D eigenvalue weighted by molar-refractivity contribution is 9.10. The normalized spacial score (nSPS) is 11.1. The summed E-state index contributed by atoms with van der Waals surface area (Å²) in [5.74, 6) is 0.683. The molecule has 0 N–H and O–H groups in total. The molecule has 3 aromatic rings. The molecule has 0 saturated carbocycles. The lowest BCUT2D eigenvalue weighted by atomic mass is 10.2. The molecule has 7 heteroatoms. The summed E-state index contributed by atoms with van der Waals surface area (Å²) < 4.78 is 2.63. The number of benzene rings is 1. The van der Waals surface area contributed by atoms with Gasteiger partial charge in [-0.15, -0.1) is 0 Å². The van der Waals surface area contributed by atoms with Crippen LogP contribution in [0.3, 0.4) is 0 Å². The number of hydrogen-bond acceptors (Lipinski definition) is 4. The number of thioether (sulfide) groups is 1. The molecule has 2 heterocycles. The third-order valence-electron chi connectivity index (χ3n) is 3.48. The summed E-state index contributed by atoms with van der Waals surface area (Å²) in [7, 11) is 0. The highest BCUT2D eigenvalue weighted by Gasteiger charge is 2.12. The summed E-state index contributed by atoms with van der Waals surface area (Å²) >= 11 is 10.8. The molecule has 0 spiro atoms. The van der Waals surface area contributed by atoms with Gasteiger partial charge in [-0.3, -0.25) is 9.36 Å². The standard InChI is InChI=1S/C17H15BrClN3OS/c1-2-7-22-16(23)13-8-12(18)4-5-14(13)21-17(22)24-10-11-3-6-15(19)20-9-11/h3-6,8-9H,2,7,10H2,1H3. The van der Waals surface area contributed by atoms with Crippen LogP contribution in [0.25, 0.3) is 10.9 Å². The minimum atomic E-state index is -0.000110. The number of nitrogens with zero attached hydrogens (tertiary/aromatic N) is 3. The first kappa shape index (κ1) is 17.5. The number of aromatic nitrogens is 3. The van der Waals surface area contributed by atoms with Crippen molar-refractivity contribution in [2.45, 2.75) is 30.8 Å². The van der Waals surface area contributed by atoms with Gasteiger partial charge in [0.1, 0.15) is 5.15 Å². The molecule has 0 bridgehead atoms. The largest absolute Gasteiger partial charge is 0.287 e. The Hall–Kier alpha value is -1.37. The van der Waals surface area contributed by atoms with Crippen LogP contribution in [0.4, 0.5) is 0 Å². The molecule has 4 nitrogen and oxygen atoms in total. The highest BCUT2D eigenvalue weighted by Crippen LogP contribution is 2.24. The lowest BCUT2D eigenvalue weighted by Crippen LogP contribution is -2.23. The predicted molar refractivity (Wildman–Crippen MR) is 103 cm³/mol. The summed E-state index contributed by atoms with van der Waals surface area (Å²) in [5, 5.41) is 1.84. The zero-order valence-electron chi connectivity index (χ0n) is 13.0. The van der Waals surface area contributed by atoms with Crippen molar-refractivity contribution in [3.63, 3.8) is 0 Å². The zero-order valence-corrected chi connectivity index (χ0v) is 16.2. The van der Waals surface area contributed by atoms with Crippen LogP contribution in [0.5, 0.6) is 0 Å². The summed E-state index contributed by atoms with van der Waals surface area (Å²) in [6.07, 6.45) is 2.62. The van der Waals surface area contributed by atoms with E-state index >= 15 is 0 Å². The molecule has 3 rings (SSSR count). The van der Waals surface area contributed by atoms with Crippen molar-refractivity contribution in [1.82, 2.24) is 14.5 Å². The topological polar surface area (TPSA) is 47.8 Å². The fourth-order valence-electron chi connectivity index (χ4n) is 2.34. The van der Waals surface area contributed by atoms with Crippen molar-refractivity contribution in [2.75, 3.05) is 0 Å². The van der Waals surface area contributed by atoms with Gasteiger partial charge in [-0.25, -0.2) is 9.97 Å². The number of halogens is 2. The van der Waals surface area contributed by atoms with Crippen molar-refractivity contribution >= 4 is 50.2 Å². The Morgan fingerprint density at radius 2 is 2.12 bits per heavy atom. The van der Waals surface area contributed by atoms with E-state index in [9.17, 15) is 4.79 Å². The lowest BCUT2D eigenvalue weighted by molar-refractivity contribution is 0.584. The van der Waals surface area contributed by atoms with Gasteiger partial charge in [0.15, 0.2) is 5.16 Å². The summed E-state index contributed by atoms with van der Waals surface area (Å²) in [6, 6.07) is 9.29. The van der Waals surface area contributed by atoms with E-state index in [0.717, 1.165) is 21.6 Å². The van der Waals surface area contributed by atoms with Crippen LogP contribution in [0.2, 0.25) is 5.15 Å². The number of fused-ring (bicyclic) bond motifs is 1. The van der Waals surface area contributed by atoms with Gasteiger partial charge >= 0.3 is 0 Å². The second-order valence-corrected chi connectivity index (χ2v) is 7.54. The second-order valence-electron chi connectivity index (χ2n) is 5.29. The quantitative estimate of drug-likeness (QED) is 0.332. The van der Waals surface area contributed by atoms with E-state index in [0.29, 0.717) is 28.4 Å². The Morgan fingerprint density at radius 3 is 2.83 bits per heavy atom. The molecule has 0 atom stereocenters. The van der Waals surface area contributed by atoms with Crippen LogP contribution >= 0.6 is 39.3 Å². The van der Waals surface area contributed by atoms with Crippen LogP contribution in [0, 0.1) is 0 Å². The van der Waals surface area contributed by atoms with Gasteiger partial charge < -0.3 is 0 Å². The monoisotopic (exact) mass is 423 g/mol. The maximum Gasteiger partial charge on any atom is 0.262 e. The maximum atomic E-state index is 12.8. The van der Waals surface area contributed by atoms with Gasteiger partial charge in [-0.05, 0) is 36.2 Å². The third-order valence-corrected chi connectivity index (χ3v) is 5.25. The molecule has 24 heavy (non-hydrogen) atoms. The van der Waals surface area contributed by atoms with Crippen LogP contribution in [-0.4, -0.2) is 14.5 Å². The first-order valence-electron chi connectivity index (χ1n) is 7.52. The van der Waals surface area contributed by atoms with Gasteiger partial charge in [-0.2, -0.15) is 0 Å². The predicted octanol–water partition coefficient (Wildman–Crippen LogP) is 4.91. The van der Waals surface area contributed by atoms with Crippen molar-refractivity contribution in [1.29, 1.82) is 0 Å². The minimum absolute atomic E-state index is 0.000110. The van der Waals surface area contributed by atoms with E-state index in [2.05, 4.69) is 32.8 Å². The maximum absolute atomic E-state index is 12.8. The van der Waals surface area contributed by atoms with Gasteiger partial charge in [0, 0.05) is 23.0 Å². The number of pyridine rings is 1. The van der Waals surface area contributed by atoms with Crippen LogP contribution in [0.1, 0.15) is 18.9 Å². The van der Waals surface area contributed by atoms with E-state index in [1.807, 2.05) is 24.3 Å². The Balaban J connectivity index is 1.99. The van der Waals surface area contributed by atoms with Crippen molar-refractivity contribution in [3.8, 4) is 0 Å². The van der Waals surface area contributed by atoms with Gasteiger partial charge in [0.2, 0.25) is 0 Å². The average molecular weight is 425 g/mol. The van der Waals surface area contributed by atoms with Crippen LogP contribution in [0.15, 0.2) is 51.0 Å². The average Bonchev–Trinajstić information content (AvgIpc) is 2.58. The van der Waals surface area contributed by atoms with Crippen LogP contribution < -0.4 is 5.56 Å². The van der Waals surface area contributed by atoms with Crippen molar-refractivity contribution in [3.05, 3.63) is 62.1 Å². The third kappa shape index (κ3) is 3.82. The molecular formula is C17H15BrClN3OS. The molecule has 0 unspecified atom stereocenters. The second kappa shape index (κ2) is 7.68. The fourth-order valence-corrected chi connectivity index (χ4v) is 3.78. The first-order valence-corrected chi connectivity index (χ1v) is 9.67. The van der Waals surface area contributed by atoms with E-state index < -0.39 is 0 Å². The molecule has 0 aliphatic heterocycles. The Morgan fingerprint density at radius 1 is 1.29 bits per heavy atom. The summed E-state index contributed by atoms with van der Waals surface area (Å²) in [6.45, 7) is 2.70. The summed E-state index contributed by atoms with van der Waals surface area (Å²) in [4.78, 5) is 21.6. The molecule has 0 aliphatic carbocycles. The molecule has 0 fully saturated rings. The first-order chi connectivity index (χ1) is 11.6. The van der Waals surface area contributed by atoms with Crippen molar-refractivity contribution < 1.29 is 0 Å². The SMILES string of the molecule is CCCn1c(SCc2ccc(Cl)nc2)nc2ccc(Br)cc2c1=O. The summed E-state index contributed by atoms with van der Waals surface area (Å²) in [5.41, 5.74) is 1.75. The smallest absolute Gasteiger partial charge is 0.262 e. The Labute approximate surface area is 157 Å².